The number of non-ortho nitro benzene ring substituents is 1. The highest BCUT2D eigenvalue weighted by Crippen LogP contribution is 2.39. The molecule has 0 bridgehead atoms. The van der Waals surface area contributed by atoms with Crippen molar-refractivity contribution in [1.29, 1.82) is 0 Å². The Morgan fingerprint density at radius 3 is 2.41 bits per heavy atom. The summed E-state index contributed by atoms with van der Waals surface area (Å²) in [6.45, 7) is 3.24. The molecule has 0 saturated heterocycles. The number of benzene rings is 1. The van der Waals surface area contributed by atoms with E-state index in [2.05, 4.69) is 17.0 Å². The molecule has 1 aromatic rings. The average molecular weight is 379 g/mol. The van der Waals surface area contributed by atoms with E-state index in [-0.39, 0.29) is 12.1 Å². The fourth-order valence-corrected chi connectivity index (χ4v) is 3.25. The summed E-state index contributed by atoms with van der Waals surface area (Å²) in [7, 11) is 1.22. The number of rotatable bonds is 8. The van der Waals surface area contributed by atoms with Gasteiger partial charge in [-0.1, -0.05) is 31.9 Å². The Morgan fingerprint density at radius 1 is 1.37 bits per heavy atom. The number of nitrogens with one attached hydrogen (secondary N) is 1. The lowest BCUT2D eigenvalue weighted by molar-refractivity contribution is -0.384. The third-order valence-corrected chi connectivity index (χ3v) is 4.90. The van der Waals surface area contributed by atoms with Gasteiger partial charge < -0.3 is 15.8 Å². The number of ether oxygens (including phenoxy) is 1. The first kappa shape index (κ1) is 22.6. The van der Waals surface area contributed by atoms with Crippen molar-refractivity contribution in [3.63, 3.8) is 0 Å². The Balaban J connectivity index is 0.000000337. The molecule has 1 unspecified atom stereocenters. The molecular weight excluding hydrogens is 350 g/mol. The van der Waals surface area contributed by atoms with Gasteiger partial charge in [0, 0.05) is 18.6 Å². The number of carbonyl (C=O) groups is 2. The maximum absolute atomic E-state index is 11.3. The number of hydrogen-bond donors (Lipinski definition) is 2. The third-order valence-electron chi connectivity index (χ3n) is 4.90. The molecule has 1 aliphatic rings. The van der Waals surface area contributed by atoms with Gasteiger partial charge in [0.25, 0.3) is 5.69 Å². The molecule has 0 spiro atoms. The maximum Gasteiger partial charge on any atom is 0.328 e. The smallest absolute Gasteiger partial charge is 0.328 e. The predicted octanol–water partition coefficient (Wildman–Crippen LogP) is 2.34. The van der Waals surface area contributed by atoms with Crippen LogP contribution in [0, 0.1) is 15.5 Å². The van der Waals surface area contributed by atoms with E-state index in [0.717, 1.165) is 6.54 Å². The summed E-state index contributed by atoms with van der Waals surface area (Å²) < 4.78 is 4.53. The fraction of sp³-hybridized carbons (Fsp3) is 0.579. The van der Waals surface area contributed by atoms with Gasteiger partial charge in [-0.3, -0.25) is 14.9 Å². The van der Waals surface area contributed by atoms with Crippen LogP contribution in [0.4, 0.5) is 5.69 Å². The number of nitro groups is 1. The van der Waals surface area contributed by atoms with Crippen LogP contribution in [0.15, 0.2) is 24.3 Å². The Morgan fingerprint density at radius 2 is 1.96 bits per heavy atom. The summed E-state index contributed by atoms with van der Waals surface area (Å²) in [6.07, 6.45) is 7.52. The van der Waals surface area contributed by atoms with Gasteiger partial charge in [0.15, 0.2) is 0 Å². The lowest BCUT2D eigenvalue weighted by Gasteiger charge is -2.21. The van der Waals surface area contributed by atoms with Gasteiger partial charge in [-0.25, -0.2) is 4.79 Å². The van der Waals surface area contributed by atoms with E-state index in [1.807, 2.05) is 0 Å². The summed E-state index contributed by atoms with van der Waals surface area (Å²) >= 11 is 0. The quantitative estimate of drug-likeness (QED) is 0.309. The van der Waals surface area contributed by atoms with Crippen LogP contribution in [0.3, 0.4) is 0 Å². The van der Waals surface area contributed by atoms with Crippen LogP contribution < -0.4 is 11.1 Å². The minimum atomic E-state index is -0.797. The lowest BCUT2D eigenvalue weighted by Crippen LogP contribution is -2.38. The van der Waals surface area contributed by atoms with E-state index in [1.54, 1.807) is 0 Å². The minimum absolute atomic E-state index is 0.0308. The predicted molar refractivity (Wildman–Crippen MR) is 102 cm³/mol. The number of amides is 1. The molecule has 1 fully saturated rings. The molecule has 0 aromatic heterocycles. The summed E-state index contributed by atoms with van der Waals surface area (Å²) in [6, 6.07) is 4.94. The molecule has 8 nitrogen and oxygen atoms in total. The highest BCUT2D eigenvalue weighted by molar-refractivity contribution is 5.78. The largest absolute Gasteiger partial charge is 0.467 e. The maximum atomic E-state index is 11.3. The van der Waals surface area contributed by atoms with Crippen LogP contribution in [0.1, 0.15) is 44.6 Å². The Hall–Kier alpha value is -2.48. The second-order valence-electron chi connectivity index (χ2n) is 7.04. The number of esters is 1. The third kappa shape index (κ3) is 7.74. The molecule has 0 radical (unpaired) electrons. The van der Waals surface area contributed by atoms with Gasteiger partial charge in [0.1, 0.15) is 6.04 Å². The van der Waals surface area contributed by atoms with Gasteiger partial charge in [-0.05, 0) is 36.8 Å². The Kier molecular flexibility index (Phi) is 9.42. The molecule has 1 atom stereocenters. The summed E-state index contributed by atoms with van der Waals surface area (Å²) in [5.41, 5.74) is 6.77. The molecule has 1 aliphatic carbocycles. The number of nitrogens with zero attached hydrogens (tertiary/aromatic N) is 1. The normalized spacial score (nSPS) is 15.8. The van der Waals surface area contributed by atoms with Crippen LogP contribution in [0.2, 0.25) is 0 Å². The fourth-order valence-electron chi connectivity index (χ4n) is 3.25. The average Bonchev–Trinajstić information content (AvgIpc) is 3.08. The standard InChI is InChI=1S/C11H12N2O5.C8H17N/c1-18-11(15)10(12-7-14)6-8-2-4-9(5-3-8)13(16)17;1-8(6-7-9)4-2-3-5-8/h2-5,7,10H,6H2,1H3,(H,12,14);2-7,9H2,1H3. The van der Waals surface area contributed by atoms with Crippen LogP contribution in [-0.4, -0.2) is 37.0 Å². The number of nitro benzene ring substituents is 1. The van der Waals surface area contributed by atoms with Gasteiger partial charge in [-0.15, -0.1) is 0 Å². The van der Waals surface area contributed by atoms with Crippen molar-refractivity contribution >= 4 is 18.1 Å². The van der Waals surface area contributed by atoms with E-state index in [0.29, 0.717) is 17.4 Å². The van der Waals surface area contributed by atoms with E-state index >= 15 is 0 Å². The molecule has 1 saturated carbocycles. The Bertz CT molecular complexity index is 612. The van der Waals surface area contributed by atoms with Crippen LogP contribution in [-0.2, 0) is 20.7 Å². The number of carbonyl (C=O) groups excluding carboxylic acids is 2. The van der Waals surface area contributed by atoms with Crippen molar-refractivity contribution in [2.24, 2.45) is 11.1 Å². The van der Waals surface area contributed by atoms with Crippen molar-refractivity contribution < 1.29 is 19.2 Å². The molecule has 8 heteroatoms. The first-order valence-corrected chi connectivity index (χ1v) is 9.06. The van der Waals surface area contributed by atoms with E-state index in [9.17, 15) is 19.7 Å². The van der Waals surface area contributed by atoms with Gasteiger partial charge in [0.05, 0.1) is 12.0 Å². The van der Waals surface area contributed by atoms with Crippen LogP contribution in [0.25, 0.3) is 0 Å². The SMILES string of the molecule is CC1(CCN)CCCC1.COC(=O)C(Cc1ccc([N+](=O)[O-])cc1)NC=O. The molecule has 1 amide bonds. The molecule has 150 valence electrons. The van der Waals surface area contributed by atoms with Crippen molar-refractivity contribution in [3.8, 4) is 0 Å². The number of nitrogens with two attached hydrogens (primary N) is 1. The van der Waals surface area contributed by atoms with Gasteiger partial charge in [-0.2, -0.15) is 0 Å². The Labute approximate surface area is 159 Å². The van der Waals surface area contributed by atoms with Gasteiger partial charge >= 0.3 is 5.97 Å². The zero-order chi connectivity index (χ0) is 20.3. The summed E-state index contributed by atoms with van der Waals surface area (Å²) in [5.74, 6) is -0.569. The van der Waals surface area contributed by atoms with E-state index in [1.165, 1.54) is 63.5 Å². The van der Waals surface area contributed by atoms with Crippen molar-refractivity contribution in [1.82, 2.24) is 5.32 Å². The monoisotopic (exact) mass is 379 g/mol. The molecule has 1 aromatic carbocycles. The molecule has 0 aliphatic heterocycles. The van der Waals surface area contributed by atoms with Gasteiger partial charge in [0.2, 0.25) is 6.41 Å². The molecule has 27 heavy (non-hydrogen) atoms. The number of methoxy groups -OCH3 is 1. The lowest BCUT2D eigenvalue weighted by atomic mass is 9.85. The molecular formula is C19H29N3O5. The summed E-state index contributed by atoms with van der Waals surface area (Å²) in [5, 5.41) is 12.8. The zero-order valence-electron chi connectivity index (χ0n) is 16.0. The zero-order valence-corrected chi connectivity index (χ0v) is 16.0. The van der Waals surface area contributed by atoms with E-state index in [4.69, 9.17) is 5.73 Å². The molecule has 0 heterocycles. The second kappa shape index (κ2) is 11.3. The minimum Gasteiger partial charge on any atom is -0.467 e. The van der Waals surface area contributed by atoms with Crippen molar-refractivity contribution in [2.45, 2.75) is 51.5 Å². The number of hydrogen-bond acceptors (Lipinski definition) is 6. The molecule has 3 N–H and O–H groups in total. The van der Waals surface area contributed by atoms with Crippen LogP contribution >= 0.6 is 0 Å². The summed E-state index contributed by atoms with van der Waals surface area (Å²) in [4.78, 5) is 31.6. The van der Waals surface area contributed by atoms with Crippen molar-refractivity contribution in [2.75, 3.05) is 13.7 Å². The van der Waals surface area contributed by atoms with E-state index < -0.39 is 16.9 Å². The second-order valence-corrected chi connectivity index (χ2v) is 7.04. The molecule has 2 rings (SSSR count). The van der Waals surface area contributed by atoms with Crippen molar-refractivity contribution in [3.05, 3.63) is 39.9 Å². The van der Waals surface area contributed by atoms with Crippen LogP contribution in [0.5, 0.6) is 0 Å². The highest BCUT2D eigenvalue weighted by Gasteiger charge is 2.27. The topological polar surface area (TPSA) is 125 Å². The first-order valence-electron chi connectivity index (χ1n) is 9.06. The first-order chi connectivity index (χ1) is 12.8. The highest BCUT2D eigenvalue weighted by atomic mass is 16.6.